The van der Waals surface area contributed by atoms with Gasteiger partial charge in [-0.1, -0.05) is 50.0 Å². The van der Waals surface area contributed by atoms with Gasteiger partial charge in [0.05, 0.1) is 10.0 Å². The lowest BCUT2D eigenvalue weighted by atomic mass is 9.87. The van der Waals surface area contributed by atoms with Gasteiger partial charge in [0, 0.05) is 26.1 Å². The molecule has 0 heterocycles. The Kier molecular flexibility index (Phi) is 6.51. The van der Waals surface area contributed by atoms with E-state index in [-0.39, 0.29) is 17.4 Å². The first kappa shape index (κ1) is 18.3. The van der Waals surface area contributed by atoms with Crippen LogP contribution in [0.4, 0.5) is 0 Å². The SMILES string of the molecule is CN(Cc1ccc(Cl)c(Cl)c1)C(=O)CC(N)CC(C)(C)C. The number of hydrogen-bond acceptors (Lipinski definition) is 2. The molecule has 0 spiro atoms. The topological polar surface area (TPSA) is 46.3 Å². The van der Waals surface area contributed by atoms with Gasteiger partial charge in [-0.3, -0.25) is 4.79 Å². The quantitative estimate of drug-likeness (QED) is 0.883. The predicted molar refractivity (Wildman–Crippen MR) is 89.6 cm³/mol. The maximum Gasteiger partial charge on any atom is 0.224 e. The molecule has 5 heteroatoms. The lowest BCUT2D eigenvalue weighted by Gasteiger charge is -2.25. The van der Waals surface area contributed by atoms with Crippen LogP contribution in [-0.4, -0.2) is 23.9 Å². The highest BCUT2D eigenvalue weighted by atomic mass is 35.5. The van der Waals surface area contributed by atoms with Crippen molar-refractivity contribution in [3.63, 3.8) is 0 Å². The minimum Gasteiger partial charge on any atom is -0.341 e. The average Bonchev–Trinajstić information content (AvgIpc) is 2.31. The summed E-state index contributed by atoms with van der Waals surface area (Å²) < 4.78 is 0. The molecule has 3 nitrogen and oxygen atoms in total. The summed E-state index contributed by atoms with van der Waals surface area (Å²) in [6.07, 6.45) is 1.18. The van der Waals surface area contributed by atoms with Gasteiger partial charge in [0.25, 0.3) is 0 Å². The van der Waals surface area contributed by atoms with Gasteiger partial charge in [-0.05, 0) is 29.5 Å². The molecule has 0 saturated heterocycles. The van der Waals surface area contributed by atoms with Crippen LogP contribution in [0.15, 0.2) is 18.2 Å². The number of nitrogens with zero attached hydrogens (tertiary/aromatic N) is 1. The highest BCUT2D eigenvalue weighted by molar-refractivity contribution is 6.42. The van der Waals surface area contributed by atoms with Crippen molar-refractivity contribution in [3.05, 3.63) is 33.8 Å². The predicted octanol–water partition coefficient (Wildman–Crippen LogP) is 4.11. The summed E-state index contributed by atoms with van der Waals surface area (Å²) in [7, 11) is 1.77. The van der Waals surface area contributed by atoms with Gasteiger partial charge in [-0.25, -0.2) is 0 Å². The molecule has 0 aliphatic rings. The molecule has 1 rings (SSSR count). The molecule has 1 amide bonds. The van der Waals surface area contributed by atoms with Gasteiger partial charge in [0.2, 0.25) is 5.91 Å². The molecular weight excluding hydrogens is 307 g/mol. The highest BCUT2D eigenvalue weighted by Crippen LogP contribution is 2.24. The molecule has 0 saturated carbocycles. The van der Waals surface area contributed by atoms with Crippen LogP contribution in [-0.2, 0) is 11.3 Å². The number of amides is 1. The molecule has 118 valence electrons. The molecule has 2 N–H and O–H groups in total. The van der Waals surface area contributed by atoms with E-state index in [1.54, 1.807) is 24.1 Å². The fourth-order valence-electron chi connectivity index (χ4n) is 2.24. The Morgan fingerprint density at radius 2 is 1.90 bits per heavy atom. The summed E-state index contributed by atoms with van der Waals surface area (Å²) in [4.78, 5) is 13.9. The van der Waals surface area contributed by atoms with Crippen LogP contribution >= 0.6 is 23.2 Å². The van der Waals surface area contributed by atoms with E-state index in [1.165, 1.54) is 0 Å². The lowest BCUT2D eigenvalue weighted by Crippen LogP contribution is -2.35. The van der Waals surface area contributed by atoms with Gasteiger partial charge >= 0.3 is 0 Å². The third-order valence-electron chi connectivity index (χ3n) is 3.14. The number of halogens is 2. The van der Waals surface area contributed by atoms with Gasteiger partial charge in [0.1, 0.15) is 0 Å². The Morgan fingerprint density at radius 1 is 1.29 bits per heavy atom. The third-order valence-corrected chi connectivity index (χ3v) is 3.88. The number of carbonyl (C=O) groups excluding carboxylic acids is 1. The second kappa shape index (κ2) is 7.48. The van der Waals surface area contributed by atoms with Crippen LogP contribution < -0.4 is 5.73 Å². The van der Waals surface area contributed by atoms with E-state index in [0.717, 1.165) is 12.0 Å². The van der Waals surface area contributed by atoms with Gasteiger partial charge in [0.15, 0.2) is 0 Å². The first-order chi connectivity index (χ1) is 9.58. The van der Waals surface area contributed by atoms with Crippen LogP contribution in [0.1, 0.15) is 39.2 Å². The van der Waals surface area contributed by atoms with Crippen molar-refractivity contribution in [2.45, 2.75) is 46.2 Å². The van der Waals surface area contributed by atoms with Crippen molar-refractivity contribution in [1.82, 2.24) is 4.90 Å². The van der Waals surface area contributed by atoms with Crippen molar-refractivity contribution < 1.29 is 4.79 Å². The Morgan fingerprint density at radius 3 is 2.43 bits per heavy atom. The Labute approximate surface area is 137 Å². The molecular formula is C16H24Cl2N2O. The second-order valence-electron chi connectivity index (χ2n) is 6.73. The number of nitrogens with two attached hydrogens (primary N) is 1. The van der Waals surface area contributed by atoms with Crippen LogP contribution in [0.2, 0.25) is 10.0 Å². The molecule has 1 unspecified atom stereocenters. The Bertz CT molecular complexity index is 498. The van der Waals surface area contributed by atoms with E-state index in [4.69, 9.17) is 28.9 Å². The summed E-state index contributed by atoms with van der Waals surface area (Å²) >= 11 is 11.9. The van der Waals surface area contributed by atoms with E-state index in [0.29, 0.717) is 23.0 Å². The third kappa shape index (κ3) is 6.68. The summed E-state index contributed by atoms with van der Waals surface area (Å²) in [5.41, 5.74) is 7.13. The van der Waals surface area contributed by atoms with Crippen molar-refractivity contribution in [2.24, 2.45) is 11.1 Å². The summed E-state index contributed by atoms with van der Waals surface area (Å²) in [6, 6.07) is 5.27. The normalized spacial score (nSPS) is 13.1. The molecule has 0 fully saturated rings. The highest BCUT2D eigenvalue weighted by Gasteiger charge is 2.20. The second-order valence-corrected chi connectivity index (χ2v) is 7.54. The van der Waals surface area contributed by atoms with Crippen molar-refractivity contribution >= 4 is 29.1 Å². The molecule has 21 heavy (non-hydrogen) atoms. The summed E-state index contributed by atoms with van der Waals surface area (Å²) in [6.45, 7) is 6.86. The maximum atomic E-state index is 12.2. The van der Waals surface area contributed by atoms with E-state index in [1.807, 2.05) is 6.07 Å². The van der Waals surface area contributed by atoms with Crippen LogP contribution in [0, 0.1) is 5.41 Å². The average molecular weight is 331 g/mol. The summed E-state index contributed by atoms with van der Waals surface area (Å²) in [5.74, 6) is 0.0397. The minimum absolute atomic E-state index is 0.0397. The first-order valence-corrected chi connectivity index (χ1v) is 7.77. The standard InChI is InChI=1S/C16H24Cl2N2O/c1-16(2,3)9-12(19)8-15(21)20(4)10-11-5-6-13(17)14(18)7-11/h5-7,12H,8-10,19H2,1-4H3. The van der Waals surface area contributed by atoms with Gasteiger partial charge < -0.3 is 10.6 Å². The Hall–Kier alpha value is -0.770. The minimum atomic E-state index is -0.117. The van der Waals surface area contributed by atoms with Crippen molar-refractivity contribution in [2.75, 3.05) is 7.05 Å². The molecule has 0 aliphatic heterocycles. The van der Waals surface area contributed by atoms with E-state index < -0.39 is 0 Å². The van der Waals surface area contributed by atoms with E-state index >= 15 is 0 Å². The molecule has 1 atom stereocenters. The molecule has 1 aromatic rings. The fourth-order valence-corrected chi connectivity index (χ4v) is 2.56. The zero-order chi connectivity index (χ0) is 16.2. The van der Waals surface area contributed by atoms with Crippen molar-refractivity contribution in [3.8, 4) is 0 Å². The maximum absolute atomic E-state index is 12.2. The smallest absolute Gasteiger partial charge is 0.224 e. The largest absolute Gasteiger partial charge is 0.341 e. The van der Waals surface area contributed by atoms with E-state index in [9.17, 15) is 4.79 Å². The van der Waals surface area contributed by atoms with Crippen molar-refractivity contribution in [1.29, 1.82) is 0 Å². The number of carbonyl (C=O) groups is 1. The number of rotatable bonds is 5. The molecule has 1 aromatic carbocycles. The molecule has 0 aromatic heterocycles. The van der Waals surface area contributed by atoms with E-state index in [2.05, 4.69) is 20.8 Å². The molecule has 0 bridgehead atoms. The van der Waals surface area contributed by atoms with Gasteiger partial charge in [-0.15, -0.1) is 0 Å². The molecule has 0 aliphatic carbocycles. The number of hydrogen-bond donors (Lipinski definition) is 1. The zero-order valence-electron chi connectivity index (χ0n) is 13.1. The first-order valence-electron chi connectivity index (χ1n) is 7.02. The zero-order valence-corrected chi connectivity index (χ0v) is 14.6. The van der Waals surface area contributed by atoms with Gasteiger partial charge in [-0.2, -0.15) is 0 Å². The fraction of sp³-hybridized carbons (Fsp3) is 0.562. The lowest BCUT2D eigenvalue weighted by molar-refractivity contribution is -0.130. The monoisotopic (exact) mass is 330 g/mol. The van der Waals surface area contributed by atoms with Crippen LogP contribution in [0.3, 0.4) is 0 Å². The number of benzene rings is 1. The summed E-state index contributed by atoms with van der Waals surface area (Å²) in [5, 5.41) is 1.01. The Balaban J connectivity index is 2.56. The van der Waals surface area contributed by atoms with Crippen LogP contribution in [0.25, 0.3) is 0 Å². The van der Waals surface area contributed by atoms with Crippen LogP contribution in [0.5, 0.6) is 0 Å². The molecule has 0 radical (unpaired) electrons.